The van der Waals surface area contributed by atoms with Crippen LogP contribution in [-0.2, 0) is 0 Å². The van der Waals surface area contributed by atoms with Gasteiger partial charge in [0.05, 0.1) is 23.9 Å². The molecule has 5 aliphatic carbocycles. The molecule has 0 spiro atoms. The first-order chi connectivity index (χ1) is 15.7. The zero-order valence-electron chi connectivity index (χ0n) is 22.4. The van der Waals surface area contributed by atoms with Gasteiger partial charge in [0, 0.05) is 11.8 Å². The number of aliphatic hydroxyl groups is 4. The molecule has 5 fully saturated rings. The minimum atomic E-state index is -1.31. The van der Waals surface area contributed by atoms with Crippen molar-refractivity contribution in [2.45, 2.75) is 117 Å². The van der Waals surface area contributed by atoms with Crippen LogP contribution in [0.2, 0.25) is 0 Å². The number of allylic oxidation sites excluding steroid dienone is 1. The van der Waals surface area contributed by atoms with Gasteiger partial charge in [-0.25, -0.2) is 0 Å². The van der Waals surface area contributed by atoms with E-state index in [0.29, 0.717) is 54.3 Å². The second-order valence-electron chi connectivity index (χ2n) is 14.5. The highest BCUT2D eigenvalue weighted by molar-refractivity contribution is 5.20. The summed E-state index contributed by atoms with van der Waals surface area (Å²) < 4.78 is 0. The molecule has 0 radical (unpaired) electrons. The van der Waals surface area contributed by atoms with E-state index in [1.165, 1.54) is 24.8 Å². The average molecular weight is 475 g/mol. The Balaban J connectivity index is 1.42. The maximum atomic E-state index is 11.7. The summed E-state index contributed by atoms with van der Waals surface area (Å²) in [6.07, 6.45) is 4.69. The Morgan fingerprint density at radius 2 is 1.62 bits per heavy atom. The van der Waals surface area contributed by atoms with Crippen LogP contribution in [0.15, 0.2) is 12.2 Å². The number of fused-ring (bicyclic) bond motifs is 5. The molecule has 0 bridgehead atoms. The van der Waals surface area contributed by atoms with Gasteiger partial charge in [0.15, 0.2) is 0 Å². The van der Waals surface area contributed by atoms with Gasteiger partial charge in [-0.15, -0.1) is 0 Å². The molecule has 4 heteroatoms. The largest absolute Gasteiger partial charge is 0.393 e. The van der Waals surface area contributed by atoms with E-state index in [9.17, 15) is 20.4 Å². The van der Waals surface area contributed by atoms with Gasteiger partial charge in [-0.2, -0.15) is 0 Å². The average Bonchev–Trinajstić information content (AvgIpc) is 3.32. The summed E-state index contributed by atoms with van der Waals surface area (Å²) in [4.78, 5) is 0. The summed E-state index contributed by atoms with van der Waals surface area (Å²) in [7, 11) is 0. The fourth-order valence-corrected chi connectivity index (χ4v) is 10.8. The molecule has 0 aliphatic heterocycles. The van der Waals surface area contributed by atoms with Crippen molar-refractivity contribution in [3.8, 4) is 0 Å². The third-order valence-electron chi connectivity index (χ3n) is 13.2. The van der Waals surface area contributed by atoms with Gasteiger partial charge >= 0.3 is 0 Å². The standard InChI is InChI=1S/C30H50O4/c1-16(2)18(4)27(5)14-23(27)17(3)21-8-9-22-20-12-25(33)30(34)13-19(31)10-11-29(30,7)26(20)24(32)15-28(21,22)6/h17-26,31-34H,1,8-15H2,2-7H3/t17-,18+,19?,20-,21+,22-,23+,24?,25?,26+,27+,28+,29+,30?/m0/s1. The molecule has 5 rings (SSSR count). The summed E-state index contributed by atoms with van der Waals surface area (Å²) in [5, 5.41) is 45.0. The van der Waals surface area contributed by atoms with Gasteiger partial charge < -0.3 is 20.4 Å². The smallest absolute Gasteiger partial charge is 0.0986 e. The Morgan fingerprint density at radius 1 is 0.941 bits per heavy atom. The van der Waals surface area contributed by atoms with E-state index in [4.69, 9.17) is 0 Å². The topological polar surface area (TPSA) is 80.9 Å². The lowest BCUT2D eigenvalue weighted by Crippen LogP contribution is -2.71. The maximum Gasteiger partial charge on any atom is 0.0986 e. The highest BCUT2D eigenvalue weighted by Gasteiger charge is 2.70. The minimum absolute atomic E-state index is 0.00448. The van der Waals surface area contributed by atoms with Crippen molar-refractivity contribution in [1.82, 2.24) is 0 Å². The monoisotopic (exact) mass is 474 g/mol. The lowest BCUT2D eigenvalue weighted by atomic mass is 9.41. The molecule has 14 atom stereocenters. The SMILES string of the molecule is C=C(C)[C@@H](C)[C@@]1(C)C[C@@H]1[C@@H](C)[C@H]1CC[C@H]2[C@@H]3CC(O)C4(O)CC(O)CC[C@]4(C)[C@H]3C(O)C[C@]12C. The van der Waals surface area contributed by atoms with Crippen LogP contribution in [0.1, 0.15) is 92.9 Å². The molecule has 0 heterocycles. The van der Waals surface area contributed by atoms with E-state index in [-0.39, 0.29) is 23.7 Å². The lowest BCUT2D eigenvalue weighted by Gasteiger charge is -2.66. The van der Waals surface area contributed by atoms with Crippen molar-refractivity contribution in [3.63, 3.8) is 0 Å². The molecule has 0 amide bonds. The molecule has 34 heavy (non-hydrogen) atoms. The minimum Gasteiger partial charge on any atom is -0.393 e. The summed E-state index contributed by atoms with van der Waals surface area (Å²) in [5.41, 5.74) is -0.136. The molecule has 4 unspecified atom stereocenters. The Labute approximate surface area is 207 Å². The van der Waals surface area contributed by atoms with Crippen LogP contribution in [0.3, 0.4) is 0 Å². The Kier molecular flexibility index (Phi) is 5.78. The van der Waals surface area contributed by atoms with Crippen LogP contribution in [0.4, 0.5) is 0 Å². The number of hydrogen-bond acceptors (Lipinski definition) is 4. The second kappa shape index (κ2) is 7.79. The van der Waals surface area contributed by atoms with Gasteiger partial charge in [-0.1, -0.05) is 46.8 Å². The lowest BCUT2D eigenvalue weighted by molar-refractivity contribution is -0.283. The third-order valence-corrected chi connectivity index (χ3v) is 13.2. The maximum absolute atomic E-state index is 11.7. The van der Waals surface area contributed by atoms with Crippen molar-refractivity contribution >= 4 is 0 Å². The van der Waals surface area contributed by atoms with Crippen molar-refractivity contribution < 1.29 is 20.4 Å². The van der Waals surface area contributed by atoms with Crippen LogP contribution in [0, 0.1) is 57.7 Å². The van der Waals surface area contributed by atoms with Gasteiger partial charge in [-0.05, 0) is 104 Å². The van der Waals surface area contributed by atoms with Crippen molar-refractivity contribution in [3.05, 3.63) is 12.2 Å². The van der Waals surface area contributed by atoms with Crippen LogP contribution in [0.5, 0.6) is 0 Å². The molecule has 5 aliphatic rings. The van der Waals surface area contributed by atoms with Crippen LogP contribution in [-0.4, -0.2) is 44.3 Å². The van der Waals surface area contributed by atoms with Crippen LogP contribution >= 0.6 is 0 Å². The second-order valence-corrected chi connectivity index (χ2v) is 14.5. The molecule has 194 valence electrons. The molecule has 4 nitrogen and oxygen atoms in total. The first kappa shape index (κ1) is 25.2. The van der Waals surface area contributed by atoms with E-state index >= 15 is 0 Å². The Bertz CT molecular complexity index is 842. The molecular formula is C30H50O4. The zero-order valence-corrected chi connectivity index (χ0v) is 22.4. The summed E-state index contributed by atoms with van der Waals surface area (Å²) in [6, 6.07) is 0. The zero-order chi connectivity index (χ0) is 25.0. The molecular weight excluding hydrogens is 424 g/mol. The van der Waals surface area contributed by atoms with E-state index in [0.717, 1.165) is 6.42 Å². The van der Waals surface area contributed by atoms with Gasteiger partial charge in [0.2, 0.25) is 0 Å². The van der Waals surface area contributed by atoms with Crippen molar-refractivity contribution in [2.24, 2.45) is 57.7 Å². The summed E-state index contributed by atoms with van der Waals surface area (Å²) in [6.45, 7) is 18.2. The molecule has 4 N–H and O–H groups in total. The van der Waals surface area contributed by atoms with Gasteiger partial charge in [0.25, 0.3) is 0 Å². The van der Waals surface area contributed by atoms with Crippen LogP contribution < -0.4 is 0 Å². The predicted molar refractivity (Wildman–Crippen MR) is 135 cm³/mol. The first-order valence-corrected chi connectivity index (χ1v) is 14.1. The van der Waals surface area contributed by atoms with E-state index in [1.807, 2.05) is 0 Å². The Hall–Kier alpha value is -0.420. The quantitative estimate of drug-likeness (QED) is 0.435. The molecule has 0 aromatic heterocycles. The van der Waals surface area contributed by atoms with E-state index in [2.05, 4.69) is 48.1 Å². The first-order valence-electron chi connectivity index (χ1n) is 14.1. The van der Waals surface area contributed by atoms with E-state index < -0.39 is 29.3 Å². The molecule has 0 aromatic carbocycles. The van der Waals surface area contributed by atoms with E-state index in [1.54, 1.807) is 0 Å². The van der Waals surface area contributed by atoms with Crippen molar-refractivity contribution in [2.75, 3.05) is 0 Å². The number of rotatable bonds is 4. The van der Waals surface area contributed by atoms with Crippen molar-refractivity contribution in [1.29, 1.82) is 0 Å². The van der Waals surface area contributed by atoms with Crippen LogP contribution in [0.25, 0.3) is 0 Å². The molecule has 0 saturated heterocycles. The fraction of sp³-hybridized carbons (Fsp3) is 0.933. The summed E-state index contributed by atoms with van der Waals surface area (Å²) in [5.74, 6) is 3.19. The Morgan fingerprint density at radius 3 is 2.26 bits per heavy atom. The molecule has 0 aromatic rings. The summed E-state index contributed by atoms with van der Waals surface area (Å²) >= 11 is 0. The number of hydrogen-bond donors (Lipinski definition) is 4. The highest BCUT2D eigenvalue weighted by atomic mass is 16.3. The third kappa shape index (κ3) is 3.17. The predicted octanol–water partition coefficient (Wildman–Crippen LogP) is 4.94. The van der Waals surface area contributed by atoms with Gasteiger partial charge in [-0.3, -0.25) is 0 Å². The van der Waals surface area contributed by atoms with Gasteiger partial charge in [0.1, 0.15) is 0 Å². The highest BCUT2D eigenvalue weighted by Crippen LogP contribution is 2.72. The molecule has 5 saturated carbocycles. The number of aliphatic hydroxyl groups excluding tert-OH is 3. The fourth-order valence-electron chi connectivity index (χ4n) is 10.8. The normalized spacial score (nSPS) is 58.3.